The summed E-state index contributed by atoms with van der Waals surface area (Å²) in [6.07, 6.45) is 2.38. The molecule has 0 saturated heterocycles. The van der Waals surface area contributed by atoms with Gasteiger partial charge in [-0.1, -0.05) is 53.5 Å². The van der Waals surface area contributed by atoms with E-state index in [0.29, 0.717) is 18.0 Å². The lowest BCUT2D eigenvalue weighted by Crippen LogP contribution is -2.13. The molecule has 0 radical (unpaired) electrons. The molecule has 2 N–H and O–H groups in total. The number of anilines is 1. The second-order valence-corrected chi connectivity index (χ2v) is 5.05. The molecule has 1 amide bonds. The average Bonchev–Trinajstić information content (AvgIpc) is 2.87. The van der Waals surface area contributed by atoms with Crippen LogP contribution >= 0.6 is 11.3 Å². The maximum absolute atomic E-state index is 11.8. The fraction of sp³-hybridized carbons (Fsp3) is 0.200. The Kier molecular flexibility index (Phi) is 5.30. The highest BCUT2D eigenvalue weighted by Gasteiger charge is 2.06. The van der Waals surface area contributed by atoms with Crippen molar-refractivity contribution in [2.75, 3.05) is 11.9 Å². The number of nitrogens with zero attached hydrogens (tertiary/aromatic N) is 1. The van der Waals surface area contributed by atoms with Crippen LogP contribution in [-0.2, 0) is 11.2 Å². The molecular weight excluding hydrogens is 272 g/mol. The van der Waals surface area contributed by atoms with Crippen molar-refractivity contribution in [2.45, 2.75) is 12.8 Å². The number of thiazole rings is 1. The van der Waals surface area contributed by atoms with Crippen LogP contribution in [0.5, 0.6) is 0 Å². The van der Waals surface area contributed by atoms with Crippen LogP contribution in [0.2, 0.25) is 0 Å². The van der Waals surface area contributed by atoms with Crippen molar-refractivity contribution in [3.63, 3.8) is 0 Å². The highest BCUT2D eigenvalue weighted by atomic mass is 32.1. The van der Waals surface area contributed by atoms with Crippen molar-refractivity contribution in [3.8, 4) is 11.8 Å². The van der Waals surface area contributed by atoms with E-state index in [4.69, 9.17) is 5.11 Å². The highest BCUT2D eigenvalue weighted by molar-refractivity contribution is 7.16. The highest BCUT2D eigenvalue weighted by Crippen LogP contribution is 2.17. The van der Waals surface area contributed by atoms with Crippen molar-refractivity contribution in [1.82, 2.24) is 4.98 Å². The molecule has 0 bridgehead atoms. The predicted octanol–water partition coefficient (Wildman–Crippen LogP) is 2.06. The van der Waals surface area contributed by atoms with Crippen LogP contribution in [0.1, 0.15) is 16.9 Å². The van der Waals surface area contributed by atoms with E-state index in [0.717, 1.165) is 10.4 Å². The summed E-state index contributed by atoms with van der Waals surface area (Å²) < 4.78 is 0. The molecule has 1 aromatic heterocycles. The molecule has 0 fully saturated rings. The minimum atomic E-state index is -0.0968. The summed E-state index contributed by atoms with van der Waals surface area (Å²) in [6, 6.07) is 9.54. The van der Waals surface area contributed by atoms with E-state index in [1.165, 1.54) is 11.3 Å². The van der Waals surface area contributed by atoms with Gasteiger partial charge in [0, 0.05) is 6.42 Å². The summed E-state index contributed by atoms with van der Waals surface area (Å²) >= 11 is 1.32. The summed E-state index contributed by atoms with van der Waals surface area (Å²) in [5.41, 5.74) is 0.963. The first-order valence-corrected chi connectivity index (χ1v) is 6.99. The number of hydrogen-bond donors (Lipinski definition) is 2. The number of nitrogens with one attached hydrogen (secondary N) is 1. The number of benzene rings is 1. The molecule has 5 heteroatoms. The Morgan fingerprint density at radius 2 is 2.15 bits per heavy atom. The molecule has 2 rings (SSSR count). The van der Waals surface area contributed by atoms with Crippen LogP contribution in [0.4, 0.5) is 5.13 Å². The Bertz CT molecular complexity index is 626. The Labute approximate surface area is 121 Å². The third kappa shape index (κ3) is 4.50. The first-order chi connectivity index (χ1) is 9.78. The van der Waals surface area contributed by atoms with Crippen LogP contribution in [0, 0.1) is 11.8 Å². The molecule has 0 aliphatic carbocycles. The number of amides is 1. The number of aliphatic hydroxyl groups is 1. The zero-order valence-electron chi connectivity index (χ0n) is 10.8. The molecule has 0 saturated carbocycles. The number of carbonyl (C=O) groups is 1. The normalized spacial score (nSPS) is 9.65. The molecule has 0 spiro atoms. The Hall–Kier alpha value is -2.16. The maximum atomic E-state index is 11.8. The largest absolute Gasteiger partial charge is 0.395 e. The van der Waals surface area contributed by atoms with Gasteiger partial charge in [0.1, 0.15) is 0 Å². The van der Waals surface area contributed by atoms with Gasteiger partial charge in [-0.2, -0.15) is 0 Å². The number of hydrogen-bond acceptors (Lipinski definition) is 4. The number of aromatic nitrogens is 1. The first-order valence-electron chi connectivity index (χ1n) is 6.17. The van der Waals surface area contributed by atoms with Gasteiger partial charge in [-0.15, -0.1) is 0 Å². The molecule has 2 aromatic rings. The second-order valence-electron chi connectivity index (χ2n) is 4.02. The minimum absolute atomic E-state index is 0.0481. The third-order valence-electron chi connectivity index (χ3n) is 2.41. The van der Waals surface area contributed by atoms with Crippen LogP contribution in [-0.4, -0.2) is 22.6 Å². The number of rotatable bonds is 4. The number of aliphatic hydroxyl groups excluding tert-OH is 1. The van der Waals surface area contributed by atoms with E-state index < -0.39 is 0 Å². The third-order valence-corrected chi connectivity index (χ3v) is 3.24. The average molecular weight is 286 g/mol. The summed E-state index contributed by atoms with van der Waals surface area (Å²) in [5.74, 6) is 5.60. The maximum Gasteiger partial charge on any atom is 0.230 e. The van der Waals surface area contributed by atoms with Gasteiger partial charge in [0.05, 0.1) is 24.1 Å². The number of carbonyl (C=O) groups excluding carboxylic acids is 1. The predicted molar refractivity (Wildman–Crippen MR) is 79.5 cm³/mol. The Morgan fingerprint density at radius 1 is 1.35 bits per heavy atom. The second kappa shape index (κ2) is 7.43. The molecule has 0 aliphatic heterocycles. The molecule has 1 heterocycles. The van der Waals surface area contributed by atoms with Gasteiger partial charge in [-0.05, 0) is 5.56 Å². The van der Waals surface area contributed by atoms with Crippen LogP contribution in [0.25, 0.3) is 0 Å². The molecule has 0 unspecified atom stereocenters. The summed E-state index contributed by atoms with van der Waals surface area (Å²) in [6.45, 7) is 0.0481. The quantitative estimate of drug-likeness (QED) is 0.846. The lowest BCUT2D eigenvalue weighted by molar-refractivity contribution is -0.115. The monoisotopic (exact) mass is 286 g/mol. The van der Waals surface area contributed by atoms with Crippen LogP contribution in [0.15, 0.2) is 36.5 Å². The van der Waals surface area contributed by atoms with E-state index in [2.05, 4.69) is 22.1 Å². The van der Waals surface area contributed by atoms with E-state index in [-0.39, 0.29) is 12.5 Å². The van der Waals surface area contributed by atoms with E-state index in [1.54, 1.807) is 6.20 Å². The van der Waals surface area contributed by atoms with Crippen molar-refractivity contribution >= 4 is 22.4 Å². The van der Waals surface area contributed by atoms with Gasteiger partial charge < -0.3 is 10.4 Å². The standard InChI is InChI=1S/C15H14N2O2S/c18-9-5-4-8-13-11-16-15(20-13)17-14(19)10-12-6-2-1-3-7-12/h1-3,6-7,11,18H,5,9-10H2,(H,16,17,19). The van der Waals surface area contributed by atoms with E-state index in [9.17, 15) is 4.79 Å². The van der Waals surface area contributed by atoms with Gasteiger partial charge in [0.15, 0.2) is 5.13 Å². The molecule has 0 atom stereocenters. The van der Waals surface area contributed by atoms with Crippen molar-refractivity contribution in [2.24, 2.45) is 0 Å². The molecular formula is C15H14N2O2S. The van der Waals surface area contributed by atoms with Gasteiger partial charge in [-0.25, -0.2) is 4.98 Å². The van der Waals surface area contributed by atoms with Gasteiger partial charge in [0.2, 0.25) is 5.91 Å². The Morgan fingerprint density at radius 3 is 2.90 bits per heavy atom. The van der Waals surface area contributed by atoms with Crippen molar-refractivity contribution in [3.05, 3.63) is 47.0 Å². The van der Waals surface area contributed by atoms with Crippen LogP contribution in [0.3, 0.4) is 0 Å². The molecule has 4 nitrogen and oxygen atoms in total. The first kappa shape index (κ1) is 14.3. The summed E-state index contributed by atoms with van der Waals surface area (Å²) in [5, 5.41) is 11.9. The van der Waals surface area contributed by atoms with Gasteiger partial charge >= 0.3 is 0 Å². The summed E-state index contributed by atoms with van der Waals surface area (Å²) in [4.78, 5) is 16.7. The minimum Gasteiger partial charge on any atom is -0.395 e. The molecule has 102 valence electrons. The molecule has 0 aliphatic rings. The fourth-order valence-electron chi connectivity index (χ4n) is 1.54. The van der Waals surface area contributed by atoms with Gasteiger partial charge in [0.25, 0.3) is 0 Å². The van der Waals surface area contributed by atoms with Crippen LogP contribution < -0.4 is 5.32 Å². The Balaban J connectivity index is 1.90. The topological polar surface area (TPSA) is 62.2 Å². The van der Waals surface area contributed by atoms with Gasteiger partial charge in [-0.3, -0.25) is 4.79 Å². The van der Waals surface area contributed by atoms with E-state index in [1.807, 2.05) is 30.3 Å². The lowest BCUT2D eigenvalue weighted by Gasteiger charge is -2.01. The van der Waals surface area contributed by atoms with Crippen molar-refractivity contribution < 1.29 is 9.90 Å². The fourth-order valence-corrected chi connectivity index (χ4v) is 2.25. The van der Waals surface area contributed by atoms with E-state index >= 15 is 0 Å². The smallest absolute Gasteiger partial charge is 0.230 e. The molecule has 1 aromatic carbocycles. The zero-order chi connectivity index (χ0) is 14.2. The lowest BCUT2D eigenvalue weighted by atomic mass is 10.1. The summed E-state index contributed by atoms with van der Waals surface area (Å²) in [7, 11) is 0. The zero-order valence-corrected chi connectivity index (χ0v) is 11.6. The molecule has 20 heavy (non-hydrogen) atoms. The SMILES string of the molecule is O=C(Cc1ccccc1)Nc1ncc(C#CCCO)s1. The van der Waals surface area contributed by atoms with Crippen molar-refractivity contribution in [1.29, 1.82) is 0 Å².